The second-order valence-corrected chi connectivity index (χ2v) is 7.20. The molecule has 154 valence electrons. The topological polar surface area (TPSA) is 53.9 Å². The molecule has 0 bridgehead atoms. The smallest absolute Gasteiger partial charge is 0.318 e. The summed E-state index contributed by atoms with van der Waals surface area (Å²) in [5.74, 6) is -1.79. The molecule has 0 saturated carbocycles. The van der Waals surface area contributed by atoms with Gasteiger partial charge in [0.2, 0.25) is 0 Å². The summed E-state index contributed by atoms with van der Waals surface area (Å²) in [4.78, 5) is 19.4. The largest absolute Gasteiger partial charge is 0.390 e. The molecular formula is C21H22F3N3O2. The first-order chi connectivity index (χ1) is 13.8. The zero-order valence-electron chi connectivity index (χ0n) is 16.2. The number of carbonyl (C=O) groups is 1. The van der Waals surface area contributed by atoms with E-state index in [1.807, 2.05) is 13.8 Å². The Bertz CT molecular complexity index is 918. The van der Waals surface area contributed by atoms with Crippen molar-refractivity contribution >= 4 is 11.7 Å². The van der Waals surface area contributed by atoms with Gasteiger partial charge in [-0.2, -0.15) is 0 Å². The van der Waals surface area contributed by atoms with Gasteiger partial charge in [-0.1, -0.05) is 23.4 Å². The van der Waals surface area contributed by atoms with E-state index in [4.69, 9.17) is 4.84 Å². The summed E-state index contributed by atoms with van der Waals surface area (Å²) in [5, 5.41) is 6.77. The van der Waals surface area contributed by atoms with E-state index in [2.05, 4.69) is 10.5 Å². The van der Waals surface area contributed by atoms with Crippen molar-refractivity contribution < 1.29 is 22.8 Å². The van der Waals surface area contributed by atoms with E-state index in [-0.39, 0.29) is 30.5 Å². The molecule has 1 N–H and O–H groups in total. The minimum absolute atomic E-state index is 0.0557. The lowest BCUT2D eigenvalue weighted by atomic mass is 10.0. The molecule has 0 spiro atoms. The SMILES string of the molecule is CC(C)NC(=O)N(Cc1ccc(F)cc1F)C[C@@H]1CC(c2cccc(F)c2)=NO1. The van der Waals surface area contributed by atoms with Crippen molar-refractivity contribution in [3.05, 3.63) is 71.0 Å². The number of carbonyl (C=O) groups excluding carboxylic acids is 1. The molecule has 0 fully saturated rings. The van der Waals surface area contributed by atoms with E-state index in [9.17, 15) is 18.0 Å². The molecule has 1 aliphatic heterocycles. The summed E-state index contributed by atoms with van der Waals surface area (Å²) < 4.78 is 40.7. The highest BCUT2D eigenvalue weighted by molar-refractivity contribution is 6.01. The molecule has 1 aliphatic rings. The zero-order valence-corrected chi connectivity index (χ0v) is 16.2. The minimum atomic E-state index is -0.726. The first-order valence-electron chi connectivity index (χ1n) is 9.30. The van der Waals surface area contributed by atoms with Crippen molar-refractivity contribution in [2.75, 3.05) is 6.54 Å². The Morgan fingerprint density at radius 3 is 2.66 bits per heavy atom. The van der Waals surface area contributed by atoms with Crippen molar-refractivity contribution in [2.24, 2.45) is 5.16 Å². The Morgan fingerprint density at radius 2 is 1.97 bits per heavy atom. The van der Waals surface area contributed by atoms with Crippen molar-refractivity contribution in [3.8, 4) is 0 Å². The van der Waals surface area contributed by atoms with Crippen molar-refractivity contribution in [1.29, 1.82) is 0 Å². The number of urea groups is 1. The van der Waals surface area contributed by atoms with Gasteiger partial charge in [-0.25, -0.2) is 18.0 Å². The first kappa shape index (κ1) is 20.7. The number of halogens is 3. The van der Waals surface area contributed by atoms with Gasteiger partial charge in [0.1, 0.15) is 17.5 Å². The molecule has 5 nitrogen and oxygen atoms in total. The maximum absolute atomic E-state index is 14.1. The maximum atomic E-state index is 14.1. The van der Waals surface area contributed by atoms with E-state index >= 15 is 0 Å². The van der Waals surface area contributed by atoms with Gasteiger partial charge in [0, 0.05) is 29.7 Å². The highest BCUT2D eigenvalue weighted by atomic mass is 19.1. The van der Waals surface area contributed by atoms with Gasteiger partial charge in [-0.05, 0) is 32.0 Å². The molecule has 0 aliphatic carbocycles. The Morgan fingerprint density at radius 1 is 1.21 bits per heavy atom. The molecule has 0 unspecified atom stereocenters. The number of hydrogen-bond donors (Lipinski definition) is 1. The van der Waals surface area contributed by atoms with Crippen LogP contribution in [-0.4, -0.2) is 35.3 Å². The normalized spacial score (nSPS) is 15.8. The molecule has 8 heteroatoms. The molecule has 1 heterocycles. The fourth-order valence-electron chi connectivity index (χ4n) is 3.02. The van der Waals surface area contributed by atoms with Crippen LogP contribution in [0.5, 0.6) is 0 Å². The van der Waals surface area contributed by atoms with Crippen LogP contribution < -0.4 is 5.32 Å². The summed E-state index contributed by atoms with van der Waals surface area (Å²) in [6.07, 6.45) is -0.0874. The minimum Gasteiger partial charge on any atom is -0.390 e. The van der Waals surface area contributed by atoms with Crippen LogP contribution in [0.25, 0.3) is 0 Å². The molecule has 0 radical (unpaired) electrons. The summed E-state index contributed by atoms with van der Waals surface area (Å²) in [6.45, 7) is 3.70. The molecule has 1 atom stereocenters. The van der Waals surface area contributed by atoms with Gasteiger partial charge >= 0.3 is 6.03 Å². The van der Waals surface area contributed by atoms with Gasteiger partial charge in [0.15, 0.2) is 6.10 Å². The van der Waals surface area contributed by atoms with Gasteiger partial charge in [-0.15, -0.1) is 0 Å². The Labute approximate surface area is 167 Å². The van der Waals surface area contributed by atoms with Gasteiger partial charge < -0.3 is 15.1 Å². The van der Waals surface area contributed by atoms with E-state index in [1.54, 1.807) is 12.1 Å². The Hall–Kier alpha value is -3.03. The standard InChI is InChI=1S/C21H22F3N3O2/c1-13(2)25-21(28)27(11-15-6-7-17(23)9-19(15)24)12-18-10-20(26-29-18)14-4-3-5-16(22)8-14/h3-9,13,18H,10-12H2,1-2H3,(H,25,28)/t18-/m0/s1. The van der Waals surface area contributed by atoms with E-state index in [0.717, 1.165) is 12.1 Å². The maximum Gasteiger partial charge on any atom is 0.318 e. The molecule has 2 aromatic rings. The van der Waals surface area contributed by atoms with E-state index in [0.29, 0.717) is 17.7 Å². The average molecular weight is 405 g/mol. The second kappa shape index (κ2) is 8.98. The van der Waals surface area contributed by atoms with Crippen LogP contribution >= 0.6 is 0 Å². The molecule has 0 saturated heterocycles. The average Bonchev–Trinajstić information content (AvgIpc) is 3.11. The number of oxime groups is 1. The number of nitrogens with zero attached hydrogens (tertiary/aromatic N) is 2. The molecule has 0 aromatic heterocycles. The number of benzene rings is 2. The van der Waals surface area contributed by atoms with Gasteiger partial charge in [0.05, 0.1) is 18.8 Å². The molecular weight excluding hydrogens is 383 g/mol. The second-order valence-electron chi connectivity index (χ2n) is 7.20. The van der Waals surface area contributed by atoms with Crippen LogP contribution in [-0.2, 0) is 11.4 Å². The van der Waals surface area contributed by atoms with Crippen LogP contribution in [0.3, 0.4) is 0 Å². The molecule has 2 aromatic carbocycles. The van der Waals surface area contributed by atoms with Crippen molar-refractivity contribution in [1.82, 2.24) is 10.2 Å². The first-order valence-corrected chi connectivity index (χ1v) is 9.30. The predicted molar refractivity (Wildman–Crippen MR) is 103 cm³/mol. The van der Waals surface area contributed by atoms with Gasteiger partial charge in [-0.3, -0.25) is 0 Å². The lowest BCUT2D eigenvalue weighted by molar-refractivity contribution is 0.0584. The Balaban J connectivity index is 1.71. The highest BCUT2D eigenvalue weighted by Crippen LogP contribution is 2.20. The van der Waals surface area contributed by atoms with E-state index < -0.39 is 23.8 Å². The Kier molecular flexibility index (Phi) is 6.41. The lowest BCUT2D eigenvalue weighted by Gasteiger charge is -2.26. The lowest BCUT2D eigenvalue weighted by Crippen LogP contribution is -2.45. The molecule has 29 heavy (non-hydrogen) atoms. The van der Waals surface area contributed by atoms with Crippen LogP contribution in [0.15, 0.2) is 47.6 Å². The third kappa shape index (κ3) is 5.49. The number of nitrogens with one attached hydrogen (secondary N) is 1. The summed E-state index contributed by atoms with van der Waals surface area (Å²) in [6, 6.07) is 8.74. The monoisotopic (exact) mass is 405 g/mol. The van der Waals surface area contributed by atoms with Crippen LogP contribution in [0.1, 0.15) is 31.4 Å². The fraction of sp³-hybridized carbons (Fsp3) is 0.333. The third-order valence-electron chi connectivity index (χ3n) is 4.39. The van der Waals surface area contributed by atoms with Crippen LogP contribution in [0.2, 0.25) is 0 Å². The fourth-order valence-corrected chi connectivity index (χ4v) is 3.02. The number of hydrogen-bond acceptors (Lipinski definition) is 3. The number of amides is 2. The number of rotatable bonds is 6. The summed E-state index contributed by atoms with van der Waals surface area (Å²) in [7, 11) is 0. The summed E-state index contributed by atoms with van der Waals surface area (Å²) in [5.41, 5.74) is 1.37. The quantitative estimate of drug-likeness (QED) is 0.783. The molecule has 3 rings (SSSR count). The summed E-state index contributed by atoms with van der Waals surface area (Å²) >= 11 is 0. The van der Waals surface area contributed by atoms with Crippen molar-refractivity contribution in [3.63, 3.8) is 0 Å². The predicted octanol–water partition coefficient (Wildman–Crippen LogP) is 4.22. The highest BCUT2D eigenvalue weighted by Gasteiger charge is 2.27. The van der Waals surface area contributed by atoms with Crippen LogP contribution in [0.4, 0.5) is 18.0 Å². The van der Waals surface area contributed by atoms with Gasteiger partial charge in [0.25, 0.3) is 0 Å². The molecule has 2 amide bonds. The van der Waals surface area contributed by atoms with Crippen molar-refractivity contribution in [2.45, 2.75) is 39.0 Å². The zero-order chi connectivity index (χ0) is 21.0. The van der Waals surface area contributed by atoms with Crippen LogP contribution in [0, 0.1) is 17.5 Å². The van der Waals surface area contributed by atoms with E-state index in [1.165, 1.54) is 23.1 Å². The third-order valence-corrected chi connectivity index (χ3v) is 4.39.